The van der Waals surface area contributed by atoms with Crippen molar-refractivity contribution in [2.75, 3.05) is 5.75 Å². The summed E-state index contributed by atoms with van der Waals surface area (Å²) in [5.41, 5.74) is 0. The monoisotopic (exact) mass is 213 g/mol. The second-order valence-electron chi connectivity index (χ2n) is 3.69. The van der Waals surface area contributed by atoms with Crippen LogP contribution in [-0.4, -0.2) is 19.2 Å². The minimum Gasteiger partial charge on any atom is -0.263 e. The van der Waals surface area contributed by atoms with Gasteiger partial charge in [-0.25, -0.2) is 8.42 Å². The van der Waals surface area contributed by atoms with E-state index in [0.717, 1.165) is 0 Å². The largest absolute Gasteiger partial charge is 0.263 e. The van der Waals surface area contributed by atoms with E-state index in [1.165, 1.54) is 6.20 Å². The molecule has 1 aromatic rings. The molecule has 0 aliphatic rings. The van der Waals surface area contributed by atoms with Gasteiger partial charge in [0.25, 0.3) is 0 Å². The summed E-state index contributed by atoms with van der Waals surface area (Å²) in [4.78, 5) is 4.12. The molecule has 0 saturated heterocycles. The van der Waals surface area contributed by atoms with Gasteiger partial charge in [-0.3, -0.25) is 4.98 Å². The van der Waals surface area contributed by atoms with Crippen molar-refractivity contribution in [1.82, 2.24) is 4.98 Å². The molecule has 0 unspecified atom stereocenters. The predicted molar refractivity (Wildman–Crippen MR) is 55.7 cm³/mol. The van der Waals surface area contributed by atoms with Crippen molar-refractivity contribution in [3.05, 3.63) is 24.5 Å². The molecule has 4 heteroatoms. The SMILES string of the molecule is CC(C)CCS(=O)(=O)c1cccnc1. The summed E-state index contributed by atoms with van der Waals surface area (Å²) in [6, 6.07) is 3.23. The Balaban J connectivity index is 2.77. The van der Waals surface area contributed by atoms with E-state index < -0.39 is 9.84 Å². The van der Waals surface area contributed by atoms with Gasteiger partial charge >= 0.3 is 0 Å². The van der Waals surface area contributed by atoms with Crippen LogP contribution in [0.3, 0.4) is 0 Å². The van der Waals surface area contributed by atoms with Gasteiger partial charge in [0.2, 0.25) is 0 Å². The van der Waals surface area contributed by atoms with Crippen molar-refractivity contribution in [3.63, 3.8) is 0 Å². The van der Waals surface area contributed by atoms with Crippen LogP contribution in [0.4, 0.5) is 0 Å². The van der Waals surface area contributed by atoms with Crippen LogP contribution in [0.5, 0.6) is 0 Å². The van der Waals surface area contributed by atoms with Crippen LogP contribution in [0, 0.1) is 5.92 Å². The summed E-state index contributed by atoms with van der Waals surface area (Å²) < 4.78 is 23.4. The average molecular weight is 213 g/mol. The quantitative estimate of drug-likeness (QED) is 0.767. The Labute approximate surface area is 85.1 Å². The highest BCUT2D eigenvalue weighted by molar-refractivity contribution is 7.91. The summed E-state index contributed by atoms with van der Waals surface area (Å²) in [6.45, 7) is 4.03. The first-order valence-corrected chi connectivity index (χ1v) is 6.30. The molecule has 0 amide bonds. The molecule has 0 fully saturated rings. The van der Waals surface area contributed by atoms with Gasteiger partial charge in [0.1, 0.15) is 0 Å². The third-order valence-corrected chi connectivity index (χ3v) is 3.69. The third kappa shape index (κ3) is 3.10. The predicted octanol–water partition coefficient (Wildman–Crippen LogP) is 1.90. The summed E-state index contributed by atoms with van der Waals surface area (Å²) in [6.07, 6.45) is 3.66. The Kier molecular flexibility index (Phi) is 3.63. The van der Waals surface area contributed by atoms with Crippen molar-refractivity contribution in [2.24, 2.45) is 5.92 Å². The molecule has 1 heterocycles. The Morgan fingerprint density at radius 3 is 2.64 bits per heavy atom. The Morgan fingerprint density at radius 1 is 1.43 bits per heavy atom. The second kappa shape index (κ2) is 4.55. The van der Waals surface area contributed by atoms with Crippen LogP contribution in [-0.2, 0) is 9.84 Å². The maximum Gasteiger partial charge on any atom is 0.179 e. The zero-order valence-corrected chi connectivity index (χ0v) is 9.29. The van der Waals surface area contributed by atoms with Crippen LogP contribution in [0.1, 0.15) is 20.3 Å². The number of rotatable bonds is 4. The molecule has 1 aromatic heterocycles. The number of aromatic nitrogens is 1. The van der Waals surface area contributed by atoms with E-state index in [1.807, 2.05) is 13.8 Å². The first kappa shape index (κ1) is 11.2. The molecule has 1 rings (SSSR count). The van der Waals surface area contributed by atoms with Crippen LogP contribution in [0.2, 0.25) is 0 Å². The lowest BCUT2D eigenvalue weighted by molar-refractivity contribution is 0.573. The molecule has 78 valence electrons. The van der Waals surface area contributed by atoms with E-state index in [9.17, 15) is 8.42 Å². The molecule has 0 radical (unpaired) electrons. The Hall–Kier alpha value is -0.900. The minimum atomic E-state index is -3.12. The summed E-state index contributed by atoms with van der Waals surface area (Å²) >= 11 is 0. The normalized spacial score (nSPS) is 11.9. The van der Waals surface area contributed by atoms with Crippen molar-refractivity contribution < 1.29 is 8.42 Å². The van der Waals surface area contributed by atoms with Crippen LogP contribution in [0.15, 0.2) is 29.4 Å². The molecule has 3 nitrogen and oxygen atoms in total. The van der Waals surface area contributed by atoms with Gasteiger partial charge in [0, 0.05) is 12.4 Å². The van der Waals surface area contributed by atoms with E-state index in [1.54, 1.807) is 18.3 Å². The molecule has 14 heavy (non-hydrogen) atoms. The van der Waals surface area contributed by atoms with Gasteiger partial charge in [-0.1, -0.05) is 13.8 Å². The molecule has 0 bridgehead atoms. The highest BCUT2D eigenvalue weighted by atomic mass is 32.2. The fourth-order valence-electron chi connectivity index (χ4n) is 1.04. The van der Waals surface area contributed by atoms with Gasteiger partial charge < -0.3 is 0 Å². The lowest BCUT2D eigenvalue weighted by Crippen LogP contribution is -2.09. The first-order chi connectivity index (χ1) is 6.52. The maximum atomic E-state index is 11.7. The van der Waals surface area contributed by atoms with Crippen molar-refractivity contribution in [1.29, 1.82) is 0 Å². The minimum absolute atomic E-state index is 0.205. The summed E-state index contributed by atoms with van der Waals surface area (Å²) in [5, 5.41) is 0. The number of pyridine rings is 1. The summed E-state index contributed by atoms with van der Waals surface area (Å²) in [5.74, 6) is 0.609. The van der Waals surface area contributed by atoms with Crippen molar-refractivity contribution >= 4 is 9.84 Å². The van der Waals surface area contributed by atoms with Crippen LogP contribution >= 0.6 is 0 Å². The highest BCUT2D eigenvalue weighted by Gasteiger charge is 2.14. The number of hydrogen-bond donors (Lipinski definition) is 0. The van der Waals surface area contributed by atoms with Gasteiger partial charge in [-0.05, 0) is 24.5 Å². The molecular formula is C10H15NO2S. The topological polar surface area (TPSA) is 47.0 Å². The van der Waals surface area contributed by atoms with Gasteiger partial charge in [-0.15, -0.1) is 0 Å². The third-order valence-electron chi connectivity index (χ3n) is 1.96. The first-order valence-electron chi connectivity index (χ1n) is 4.65. The van der Waals surface area contributed by atoms with E-state index in [0.29, 0.717) is 17.2 Å². The van der Waals surface area contributed by atoms with E-state index in [-0.39, 0.29) is 5.75 Å². The Bertz CT molecular complexity index is 370. The lowest BCUT2D eigenvalue weighted by Gasteiger charge is -2.05. The van der Waals surface area contributed by atoms with E-state index >= 15 is 0 Å². The molecule has 0 aliphatic carbocycles. The van der Waals surface area contributed by atoms with Gasteiger partial charge in [-0.2, -0.15) is 0 Å². The smallest absolute Gasteiger partial charge is 0.179 e. The highest BCUT2D eigenvalue weighted by Crippen LogP contribution is 2.12. The number of sulfone groups is 1. The second-order valence-corrected chi connectivity index (χ2v) is 5.80. The fourth-order valence-corrected chi connectivity index (χ4v) is 2.56. The molecule has 0 spiro atoms. The van der Waals surface area contributed by atoms with Crippen molar-refractivity contribution in [3.8, 4) is 0 Å². The van der Waals surface area contributed by atoms with Crippen molar-refractivity contribution in [2.45, 2.75) is 25.2 Å². The zero-order valence-electron chi connectivity index (χ0n) is 8.47. The molecule has 0 atom stereocenters. The van der Waals surface area contributed by atoms with E-state index in [2.05, 4.69) is 4.98 Å². The average Bonchev–Trinajstić information content (AvgIpc) is 2.16. The van der Waals surface area contributed by atoms with Gasteiger partial charge in [0.05, 0.1) is 10.6 Å². The molecule has 0 aromatic carbocycles. The van der Waals surface area contributed by atoms with Crippen LogP contribution < -0.4 is 0 Å². The Morgan fingerprint density at radius 2 is 2.14 bits per heavy atom. The molecule has 0 aliphatic heterocycles. The van der Waals surface area contributed by atoms with Gasteiger partial charge in [0.15, 0.2) is 9.84 Å². The van der Waals surface area contributed by atoms with E-state index in [4.69, 9.17) is 0 Å². The number of nitrogens with zero attached hydrogens (tertiary/aromatic N) is 1. The summed E-state index contributed by atoms with van der Waals surface area (Å²) in [7, 11) is -3.12. The molecule has 0 N–H and O–H groups in total. The van der Waals surface area contributed by atoms with Crippen LogP contribution in [0.25, 0.3) is 0 Å². The lowest BCUT2D eigenvalue weighted by atomic mass is 10.2. The zero-order chi connectivity index (χ0) is 10.6. The standard InChI is InChI=1S/C10H15NO2S/c1-9(2)5-7-14(12,13)10-4-3-6-11-8-10/h3-4,6,8-9H,5,7H2,1-2H3. The fraction of sp³-hybridized carbons (Fsp3) is 0.500. The molecular weight excluding hydrogens is 198 g/mol. The number of hydrogen-bond acceptors (Lipinski definition) is 3. The maximum absolute atomic E-state index is 11.7. The molecule has 0 saturated carbocycles.